The van der Waals surface area contributed by atoms with Crippen molar-refractivity contribution < 1.29 is 22.7 Å². The molecule has 0 atom stereocenters. The molecule has 21 heavy (non-hydrogen) atoms. The van der Waals surface area contributed by atoms with Crippen molar-refractivity contribution in [2.24, 2.45) is 0 Å². The van der Waals surface area contributed by atoms with Gasteiger partial charge < -0.3 is 5.11 Å². The Morgan fingerprint density at radius 2 is 1.90 bits per heavy atom. The fraction of sp³-hybridized carbons (Fsp3) is 0.0769. The number of carboxylic acid groups (broad SMARTS) is 1. The highest BCUT2D eigenvalue weighted by Gasteiger charge is 2.14. The van der Waals surface area contributed by atoms with E-state index in [1.165, 1.54) is 36.5 Å². The van der Waals surface area contributed by atoms with Crippen molar-refractivity contribution in [3.05, 3.63) is 59.7 Å². The SMILES string of the molecule is O=C(O)c1ccc(CS(=O)(=O)Nc2ccncc2F)cc1. The molecule has 0 amide bonds. The Morgan fingerprint density at radius 1 is 1.24 bits per heavy atom. The molecule has 110 valence electrons. The zero-order chi connectivity index (χ0) is 15.5. The molecule has 1 aromatic heterocycles. The number of rotatable bonds is 5. The van der Waals surface area contributed by atoms with E-state index in [1.54, 1.807) is 0 Å². The molecule has 0 fully saturated rings. The Labute approximate surface area is 120 Å². The second-order valence-corrected chi connectivity index (χ2v) is 5.94. The zero-order valence-corrected chi connectivity index (χ0v) is 11.5. The third-order valence-corrected chi connectivity index (χ3v) is 3.84. The Hall–Kier alpha value is -2.48. The van der Waals surface area contributed by atoms with Gasteiger partial charge >= 0.3 is 5.97 Å². The largest absolute Gasteiger partial charge is 0.478 e. The molecule has 0 aliphatic rings. The molecule has 0 bridgehead atoms. The number of carbonyl (C=O) groups is 1. The highest BCUT2D eigenvalue weighted by Crippen LogP contribution is 2.15. The van der Waals surface area contributed by atoms with Crippen molar-refractivity contribution in [1.29, 1.82) is 0 Å². The van der Waals surface area contributed by atoms with Crippen molar-refractivity contribution in [3.63, 3.8) is 0 Å². The monoisotopic (exact) mass is 310 g/mol. The van der Waals surface area contributed by atoms with Crippen LogP contribution in [0, 0.1) is 5.82 Å². The van der Waals surface area contributed by atoms with Gasteiger partial charge in [0.2, 0.25) is 10.0 Å². The van der Waals surface area contributed by atoms with Gasteiger partial charge in [-0.3, -0.25) is 9.71 Å². The lowest BCUT2D eigenvalue weighted by Gasteiger charge is -2.08. The van der Waals surface area contributed by atoms with Crippen LogP contribution >= 0.6 is 0 Å². The summed E-state index contributed by atoms with van der Waals surface area (Å²) in [6, 6.07) is 6.61. The average Bonchev–Trinajstić information content (AvgIpc) is 2.41. The molecule has 1 heterocycles. The molecule has 0 saturated heterocycles. The second-order valence-electron chi connectivity index (χ2n) is 4.22. The molecular weight excluding hydrogens is 299 g/mol. The minimum atomic E-state index is -3.81. The van der Waals surface area contributed by atoms with E-state index in [-0.39, 0.29) is 11.3 Å². The summed E-state index contributed by atoms with van der Waals surface area (Å²) in [5.41, 5.74) is 0.262. The Balaban J connectivity index is 2.14. The van der Waals surface area contributed by atoms with Crippen molar-refractivity contribution in [2.45, 2.75) is 5.75 Å². The maximum Gasteiger partial charge on any atom is 0.335 e. The van der Waals surface area contributed by atoms with Crippen LogP contribution in [0.25, 0.3) is 0 Å². The van der Waals surface area contributed by atoms with Crippen LogP contribution < -0.4 is 4.72 Å². The number of anilines is 1. The van der Waals surface area contributed by atoms with Crippen LogP contribution in [0.15, 0.2) is 42.7 Å². The van der Waals surface area contributed by atoms with Crippen LogP contribution in [0.5, 0.6) is 0 Å². The number of carboxylic acids is 1. The van der Waals surface area contributed by atoms with Gasteiger partial charge in [-0.05, 0) is 23.8 Å². The molecule has 1 aromatic carbocycles. The van der Waals surface area contributed by atoms with Gasteiger partial charge in [-0.1, -0.05) is 12.1 Å². The summed E-state index contributed by atoms with van der Waals surface area (Å²) in [4.78, 5) is 14.2. The van der Waals surface area contributed by atoms with Gasteiger partial charge in [0, 0.05) is 6.20 Å². The molecule has 0 saturated carbocycles. The maximum atomic E-state index is 13.3. The number of halogens is 1. The lowest BCUT2D eigenvalue weighted by molar-refractivity contribution is 0.0697. The van der Waals surface area contributed by atoms with Gasteiger partial charge in [0.25, 0.3) is 0 Å². The van der Waals surface area contributed by atoms with E-state index in [4.69, 9.17) is 5.11 Å². The summed E-state index contributed by atoms with van der Waals surface area (Å²) in [7, 11) is -3.81. The molecule has 2 aromatic rings. The first-order chi connectivity index (χ1) is 9.87. The third-order valence-electron chi connectivity index (χ3n) is 2.60. The number of aromatic carboxylic acids is 1. The van der Waals surface area contributed by atoms with Gasteiger partial charge in [0.1, 0.15) is 0 Å². The van der Waals surface area contributed by atoms with E-state index in [1.807, 2.05) is 0 Å². The minimum Gasteiger partial charge on any atom is -0.478 e. The fourth-order valence-electron chi connectivity index (χ4n) is 1.62. The summed E-state index contributed by atoms with van der Waals surface area (Å²) >= 11 is 0. The fourth-order valence-corrected chi connectivity index (χ4v) is 2.83. The number of aromatic nitrogens is 1. The Kier molecular flexibility index (Phi) is 4.18. The lowest BCUT2D eigenvalue weighted by Crippen LogP contribution is -2.16. The van der Waals surface area contributed by atoms with Crippen LogP contribution in [0.4, 0.5) is 10.1 Å². The summed E-state index contributed by atoms with van der Waals surface area (Å²) < 4.78 is 39.3. The van der Waals surface area contributed by atoms with Crippen LogP contribution in [-0.4, -0.2) is 24.5 Å². The first-order valence-corrected chi connectivity index (χ1v) is 7.45. The van der Waals surface area contributed by atoms with Gasteiger partial charge in [0.15, 0.2) is 5.82 Å². The number of benzene rings is 1. The molecule has 2 rings (SSSR count). The number of pyridine rings is 1. The molecule has 6 nitrogen and oxygen atoms in total. The van der Waals surface area contributed by atoms with Gasteiger partial charge in [-0.25, -0.2) is 17.6 Å². The van der Waals surface area contributed by atoms with Crippen LogP contribution in [-0.2, 0) is 15.8 Å². The number of nitrogens with one attached hydrogen (secondary N) is 1. The van der Waals surface area contributed by atoms with Gasteiger partial charge in [-0.15, -0.1) is 0 Å². The summed E-state index contributed by atoms with van der Waals surface area (Å²) in [5.74, 6) is -2.27. The second kappa shape index (κ2) is 5.88. The van der Waals surface area contributed by atoms with Crippen LogP contribution in [0.1, 0.15) is 15.9 Å². The highest BCUT2D eigenvalue weighted by atomic mass is 32.2. The Bertz CT molecular complexity index is 760. The molecule has 0 spiro atoms. The van der Waals surface area contributed by atoms with E-state index >= 15 is 0 Å². The first-order valence-electron chi connectivity index (χ1n) is 5.79. The predicted molar refractivity (Wildman–Crippen MR) is 73.8 cm³/mol. The zero-order valence-electron chi connectivity index (χ0n) is 10.7. The van der Waals surface area contributed by atoms with Crippen molar-refractivity contribution in [3.8, 4) is 0 Å². The number of hydrogen-bond acceptors (Lipinski definition) is 4. The standard InChI is InChI=1S/C13H11FN2O4S/c14-11-7-15-6-5-12(11)16-21(19,20)8-9-1-3-10(4-2-9)13(17)18/h1-7H,8H2,(H,15,16)(H,17,18). The maximum absolute atomic E-state index is 13.3. The smallest absolute Gasteiger partial charge is 0.335 e. The first kappa shape index (κ1) is 14.9. The molecule has 0 unspecified atom stereocenters. The van der Waals surface area contributed by atoms with Crippen LogP contribution in [0.2, 0.25) is 0 Å². The third kappa shape index (κ3) is 3.99. The predicted octanol–water partition coefficient (Wildman–Crippen LogP) is 1.86. The summed E-state index contributed by atoms with van der Waals surface area (Å²) in [6.07, 6.45) is 2.17. The van der Waals surface area contributed by atoms with E-state index in [9.17, 15) is 17.6 Å². The number of sulfonamides is 1. The minimum absolute atomic E-state index is 0.0595. The van der Waals surface area contributed by atoms with Gasteiger partial charge in [-0.2, -0.15) is 0 Å². The van der Waals surface area contributed by atoms with E-state index in [0.717, 1.165) is 6.20 Å². The van der Waals surface area contributed by atoms with E-state index in [0.29, 0.717) is 5.56 Å². The summed E-state index contributed by atoms with van der Waals surface area (Å²) in [5, 5.41) is 8.76. The molecule has 8 heteroatoms. The normalized spacial score (nSPS) is 11.1. The molecular formula is C13H11FN2O4S. The van der Waals surface area contributed by atoms with Crippen molar-refractivity contribution in [1.82, 2.24) is 4.98 Å². The quantitative estimate of drug-likeness (QED) is 0.878. The van der Waals surface area contributed by atoms with E-state index in [2.05, 4.69) is 9.71 Å². The van der Waals surface area contributed by atoms with Crippen LogP contribution in [0.3, 0.4) is 0 Å². The van der Waals surface area contributed by atoms with Gasteiger partial charge in [0.05, 0.1) is 23.2 Å². The molecule has 0 aliphatic heterocycles. The van der Waals surface area contributed by atoms with Crippen molar-refractivity contribution in [2.75, 3.05) is 4.72 Å². The highest BCUT2D eigenvalue weighted by molar-refractivity contribution is 7.91. The molecule has 0 aliphatic carbocycles. The topological polar surface area (TPSA) is 96.4 Å². The Morgan fingerprint density at radius 3 is 2.48 bits per heavy atom. The molecule has 2 N–H and O–H groups in total. The molecule has 0 radical (unpaired) electrons. The average molecular weight is 310 g/mol. The van der Waals surface area contributed by atoms with Crippen molar-refractivity contribution >= 4 is 21.7 Å². The lowest BCUT2D eigenvalue weighted by atomic mass is 10.1. The number of nitrogens with zero attached hydrogens (tertiary/aromatic N) is 1. The summed E-state index contributed by atoms with van der Waals surface area (Å²) in [6.45, 7) is 0. The number of hydrogen-bond donors (Lipinski definition) is 2. The van der Waals surface area contributed by atoms with E-state index < -0.39 is 27.6 Å².